The maximum Gasteiger partial charge on any atom is 0.441 e. The molecule has 1 amide bonds. The van der Waals surface area contributed by atoms with Crippen molar-refractivity contribution in [2.75, 3.05) is 18.5 Å². The average Bonchev–Trinajstić information content (AvgIpc) is 3.05. The van der Waals surface area contributed by atoms with Gasteiger partial charge in [-0.05, 0) is 32.9 Å². The van der Waals surface area contributed by atoms with E-state index in [1.165, 1.54) is 32.0 Å². The Bertz CT molecular complexity index is 868. The molecule has 0 spiro atoms. The van der Waals surface area contributed by atoms with Gasteiger partial charge in [0, 0.05) is 6.07 Å². The molecule has 0 saturated heterocycles. The lowest BCUT2D eigenvalue weighted by atomic mass is 10.1. The third kappa shape index (κ3) is 4.79. The Morgan fingerprint density at radius 2 is 1.86 bits per heavy atom. The van der Waals surface area contributed by atoms with E-state index in [0.29, 0.717) is 0 Å². The number of ether oxygens (including phenoxy) is 2. The number of alkyl halides is 3. The summed E-state index contributed by atoms with van der Waals surface area (Å²) >= 11 is 0. The number of aromatic nitrogens is 1. The lowest BCUT2D eigenvalue weighted by molar-refractivity contribution is -0.204. The second-order valence-electron chi connectivity index (χ2n) is 5.80. The van der Waals surface area contributed by atoms with Crippen LogP contribution < -0.4 is 15.4 Å². The minimum absolute atomic E-state index is 0.0599. The molecule has 29 heavy (non-hydrogen) atoms. The number of esters is 1. The molecule has 0 bridgehead atoms. The van der Waals surface area contributed by atoms with Gasteiger partial charge in [0.2, 0.25) is 0 Å². The highest BCUT2D eigenvalue weighted by Crippen LogP contribution is 2.34. The molecule has 2 N–H and O–H groups in total. The van der Waals surface area contributed by atoms with Crippen molar-refractivity contribution in [3.05, 3.63) is 41.7 Å². The summed E-state index contributed by atoms with van der Waals surface area (Å²) in [6, 6.07) is 6.84. The summed E-state index contributed by atoms with van der Waals surface area (Å²) < 4.78 is 56.9. The number of halogens is 3. The fourth-order valence-electron chi connectivity index (χ4n) is 2.42. The molecule has 1 atom stereocenters. The summed E-state index contributed by atoms with van der Waals surface area (Å²) in [6.45, 7) is 4.28. The summed E-state index contributed by atoms with van der Waals surface area (Å²) in [4.78, 5) is 25.1. The van der Waals surface area contributed by atoms with Gasteiger partial charge in [0.05, 0.1) is 18.8 Å². The van der Waals surface area contributed by atoms with Crippen LogP contribution in [0.25, 0.3) is 0 Å². The van der Waals surface area contributed by atoms with Crippen molar-refractivity contribution in [3.8, 4) is 5.75 Å². The lowest BCUT2D eigenvalue weighted by Gasteiger charge is -2.34. The Labute approximate surface area is 164 Å². The Morgan fingerprint density at radius 3 is 2.41 bits per heavy atom. The quantitative estimate of drug-likeness (QED) is 0.505. The molecule has 0 saturated carbocycles. The van der Waals surface area contributed by atoms with Crippen molar-refractivity contribution in [1.82, 2.24) is 10.5 Å². The molecule has 1 aromatic heterocycles. The molecule has 0 aliphatic heterocycles. The summed E-state index contributed by atoms with van der Waals surface area (Å²) in [7, 11) is 0. The minimum Gasteiger partial charge on any atom is -0.493 e. The Morgan fingerprint density at radius 1 is 1.17 bits per heavy atom. The third-order valence-electron chi connectivity index (χ3n) is 3.68. The second kappa shape index (κ2) is 8.84. The molecule has 0 aliphatic rings. The Hall–Kier alpha value is -3.24. The van der Waals surface area contributed by atoms with E-state index in [4.69, 9.17) is 9.26 Å². The van der Waals surface area contributed by atoms with Gasteiger partial charge in [0.15, 0.2) is 5.82 Å². The topological polar surface area (TPSA) is 103 Å². The van der Waals surface area contributed by atoms with Gasteiger partial charge in [-0.2, -0.15) is 13.2 Å². The van der Waals surface area contributed by atoms with Crippen LogP contribution in [0.5, 0.6) is 5.75 Å². The number of carbonyl (C=O) groups excluding carboxylic acids is 2. The molecule has 1 aromatic carbocycles. The van der Waals surface area contributed by atoms with E-state index in [-0.39, 0.29) is 30.3 Å². The van der Waals surface area contributed by atoms with Crippen LogP contribution >= 0.6 is 0 Å². The Kier molecular flexibility index (Phi) is 6.72. The van der Waals surface area contributed by atoms with E-state index < -0.39 is 29.5 Å². The second-order valence-corrected chi connectivity index (χ2v) is 5.80. The standard InChI is InChI=1S/C18H20F3N3O5/c1-4-27-13-9-7-6-8-12(13)15(25)23-17(18(19,20)21,16(26)28-5-2)22-14-10-11(3)29-24-14/h6-10H,4-5H2,1-3H3,(H,22,24)(H,23,25)/t17-/m1/s1. The van der Waals surface area contributed by atoms with Crippen LogP contribution in [0.3, 0.4) is 0 Å². The van der Waals surface area contributed by atoms with Gasteiger partial charge in [-0.3, -0.25) is 4.79 Å². The molecule has 158 valence electrons. The number of anilines is 1. The van der Waals surface area contributed by atoms with Gasteiger partial charge < -0.3 is 24.6 Å². The van der Waals surface area contributed by atoms with Gasteiger partial charge in [-0.1, -0.05) is 17.3 Å². The number of aryl methyl sites for hydroxylation is 1. The van der Waals surface area contributed by atoms with Gasteiger partial charge in [0.25, 0.3) is 5.91 Å². The van der Waals surface area contributed by atoms with E-state index in [1.54, 1.807) is 18.3 Å². The van der Waals surface area contributed by atoms with Crippen molar-refractivity contribution in [2.24, 2.45) is 0 Å². The number of nitrogens with zero attached hydrogens (tertiary/aromatic N) is 1. The van der Waals surface area contributed by atoms with Gasteiger partial charge in [-0.15, -0.1) is 0 Å². The lowest BCUT2D eigenvalue weighted by Crippen LogP contribution is -2.69. The van der Waals surface area contributed by atoms with Crippen molar-refractivity contribution in [3.63, 3.8) is 0 Å². The molecular formula is C18H20F3N3O5. The minimum atomic E-state index is -5.29. The van der Waals surface area contributed by atoms with E-state index in [2.05, 4.69) is 9.89 Å². The zero-order valence-corrected chi connectivity index (χ0v) is 15.9. The van der Waals surface area contributed by atoms with Crippen LogP contribution in [0.4, 0.5) is 19.0 Å². The number of rotatable bonds is 8. The molecule has 8 nitrogen and oxygen atoms in total. The van der Waals surface area contributed by atoms with Crippen molar-refractivity contribution in [1.29, 1.82) is 0 Å². The first-order valence-corrected chi connectivity index (χ1v) is 8.64. The van der Waals surface area contributed by atoms with Crippen molar-refractivity contribution < 1.29 is 36.8 Å². The number of benzene rings is 1. The van der Waals surface area contributed by atoms with E-state index in [9.17, 15) is 22.8 Å². The van der Waals surface area contributed by atoms with Crippen molar-refractivity contribution >= 4 is 17.7 Å². The first kappa shape index (κ1) is 22.1. The van der Waals surface area contributed by atoms with Gasteiger partial charge in [0.1, 0.15) is 11.5 Å². The normalized spacial score (nSPS) is 13.3. The molecule has 2 rings (SSSR count). The maximum absolute atomic E-state index is 14.1. The highest BCUT2D eigenvalue weighted by atomic mass is 19.4. The van der Waals surface area contributed by atoms with Crippen molar-refractivity contribution in [2.45, 2.75) is 32.6 Å². The van der Waals surface area contributed by atoms with Crippen LogP contribution in [0, 0.1) is 6.92 Å². The molecular weight excluding hydrogens is 395 g/mol. The third-order valence-corrected chi connectivity index (χ3v) is 3.68. The molecule has 1 heterocycles. The molecule has 0 radical (unpaired) electrons. The van der Waals surface area contributed by atoms with Gasteiger partial charge in [-0.25, -0.2) is 4.79 Å². The van der Waals surface area contributed by atoms with Crippen LogP contribution in [-0.2, 0) is 9.53 Å². The first-order valence-electron chi connectivity index (χ1n) is 8.64. The zero-order chi connectivity index (χ0) is 21.7. The average molecular weight is 415 g/mol. The molecule has 2 aromatic rings. The number of amides is 1. The molecule has 0 fully saturated rings. The smallest absolute Gasteiger partial charge is 0.441 e. The highest BCUT2D eigenvalue weighted by Gasteiger charge is 2.64. The largest absolute Gasteiger partial charge is 0.493 e. The van der Waals surface area contributed by atoms with Crippen LogP contribution in [0.15, 0.2) is 34.9 Å². The Balaban J connectivity index is 2.51. The zero-order valence-electron chi connectivity index (χ0n) is 15.9. The fourth-order valence-corrected chi connectivity index (χ4v) is 2.42. The SMILES string of the molecule is CCOC(=O)[C@](NC(=O)c1ccccc1OCC)(Nc1cc(C)on1)C(F)(F)F. The summed E-state index contributed by atoms with van der Waals surface area (Å²) in [5, 5.41) is 7.04. The maximum atomic E-state index is 14.1. The number of hydrogen-bond acceptors (Lipinski definition) is 7. The predicted octanol–water partition coefficient (Wildman–Crippen LogP) is 3.05. The first-order chi connectivity index (χ1) is 13.6. The number of carbonyl (C=O) groups is 2. The molecule has 11 heteroatoms. The summed E-state index contributed by atoms with van der Waals surface area (Å²) in [6.07, 6.45) is -5.29. The van der Waals surface area contributed by atoms with E-state index >= 15 is 0 Å². The van der Waals surface area contributed by atoms with E-state index in [0.717, 1.165) is 6.07 Å². The number of hydrogen-bond donors (Lipinski definition) is 2. The summed E-state index contributed by atoms with van der Waals surface area (Å²) in [5.41, 5.74) is -3.80. The highest BCUT2D eigenvalue weighted by molar-refractivity contribution is 6.01. The molecule has 0 aliphatic carbocycles. The van der Waals surface area contributed by atoms with Crippen LogP contribution in [0.2, 0.25) is 0 Å². The van der Waals surface area contributed by atoms with E-state index in [1.807, 2.05) is 5.32 Å². The van der Waals surface area contributed by atoms with Gasteiger partial charge >= 0.3 is 17.8 Å². The summed E-state index contributed by atoms with van der Waals surface area (Å²) in [5.74, 6) is -3.11. The number of para-hydroxylation sites is 1. The predicted molar refractivity (Wildman–Crippen MR) is 95.4 cm³/mol. The molecule has 0 unspecified atom stereocenters. The monoisotopic (exact) mass is 415 g/mol. The number of nitrogens with one attached hydrogen (secondary N) is 2. The van der Waals surface area contributed by atoms with Crippen LogP contribution in [0.1, 0.15) is 30.0 Å². The fraction of sp³-hybridized carbons (Fsp3) is 0.389. The van der Waals surface area contributed by atoms with Crippen LogP contribution in [-0.4, -0.2) is 42.1 Å².